The van der Waals surface area contributed by atoms with Crippen LogP contribution in [0.15, 0.2) is 10.7 Å². The molecule has 1 atom stereocenters. The SMILES string of the molecule is CC(C)CSCC(NN)c1c(Br)cnn1CCN(C)C. The fourth-order valence-electron chi connectivity index (χ4n) is 1.82. The smallest absolute Gasteiger partial charge is 0.0730 e. The molecule has 0 saturated heterocycles. The van der Waals surface area contributed by atoms with Crippen LogP contribution in [0.3, 0.4) is 0 Å². The summed E-state index contributed by atoms with van der Waals surface area (Å²) in [6.45, 7) is 6.28. The van der Waals surface area contributed by atoms with Crippen molar-refractivity contribution < 1.29 is 0 Å². The summed E-state index contributed by atoms with van der Waals surface area (Å²) in [5.74, 6) is 8.52. The first-order valence-corrected chi connectivity index (χ1v) is 8.80. The fourth-order valence-corrected chi connectivity index (χ4v) is 3.49. The second-order valence-corrected chi connectivity index (χ2v) is 7.48. The Morgan fingerprint density at radius 3 is 2.70 bits per heavy atom. The molecule has 5 nitrogen and oxygen atoms in total. The number of rotatable bonds is 9. The zero-order valence-electron chi connectivity index (χ0n) is 12.8. The molecule has 7 heteroatoms. The summed E-state index contributed by atoms with van der Waals surface area (Å²) in [6.07, 6.45) is 1.85. The van der Waals surface area contributed by atoms with E-state index < -0.39 is 0 Å². The van der Waals surface area contributed by atoms with E-state index >= 15 is 0 Å². The number of halogens is 1. The maximum Gasteiger partial charge on any atom is 0.0730 e. The van der Waals surface area contributed by atoms with Gasteiger partial charge in [0.1, 0.15) is 0 Å². The molecule has 1 heterocycles. The van der Waals surface area contributed by atoms with Gasteiger partial charge in [-0.1, -0.05) is 13.8 Å². The molecule has 3 N–H and O–H groups in total. The standard InChI is InChI=1S/C13H26BrN5S/c1-10(2)8-20-9-12(17-15)13-11(14)7-16-19(13)6-5-18(3)4/h7,10,12,17H,5-6,8-9,15H2,1-4H3. The third-order valence-corrected chi connectivity index (χ3v) is 4.94. The van der Waals surface area contributed by atoms with Crippen molar-refractivity contribution in [2.45, 2.75) is 26.4 Å². The van der Waals surface area contributed by atoms with E-state index in [2.05, 4.69) is 59.3 Å². The van der Waals surface area contributed by atoms with Gasteiger partial charge < -0.3 is 4.90 Å². The first-order valence-electron chi connectivity index (χ1n) is 6.85. The van der Waals surface area contributed by atoms with Gasteiger partial charge in [-0.3, -0.25) is 16.0 Å². The Hall–Kier alpha value is -0.0800. The molecular weight excluding hydrogens is 338 g/mol. The van der Waals surface area contributed by atoms with E-state index in [1.807, 2.05) is 22.6 Å². The Morgan fingerprint density at radius 1 is 1.45 bits per heavy atom. The van der Waals surface area contributed by atoms with Crippen molar-refractivity contribution in [1.82, 2.24) is 20.1 Å². The monoisotopic (exact) mass is 363 g/mol. The Balaban J connectivity index is 2.72. The third-order valence-electron chi connectivity index (χ3n) is 2.86. The van der Waals surface area contributed by atoms with E-state index in [9.17, 15) is 0 Å². The molecule has 0 bridgehead atoms. The fraction of sp³-hybridized carbons (Fsp3) is 0.769. The van der Waals surface area contributed by atoms with Gasteiger partial charge in [0.05, 0.1) is 29.0 Å². The molecule has 0 saturated carbocycles. The lowest BCUT2D eigenvalue weighted by Crippen LogP contribution is -2.33. The quantitative estimate of drug-likeness (QED) is 0.519. The number of nitrogens with zero attached hydrogens (tertiary/aromatic N) is 3. The molecular formula is C13H26BrN5S. The van der Waals surface area contributed by atoms with E-state index in [1.165, 1.54) is 0 Å². The van der Waals surface area contributed by atoms with Crippen LogP contribution in [0.4, 0.5) is 0 Å². The molecule has 0 radical (unpaired) electrons. The minimum atomic E-state index is 0.109. The average Bonchev–Trinajstić information content (AvgIpc) is 2.73. The van der Waals surface area contributed by atoms with Crippen molar-refractivity contribution in [3.05, 3.63) is 16.4 Å². The summed E-state index contributed by atoms with van der Waals surface area (Å²) in [4.78, 5) is 2.15. The highest BCUT2D eigenvalue weighted by Gasteiger charge is 2.19. The van der Waals surface area contributed by atoms with Crippen LogP contribution in [0, 0.1) is 5.92 Å². The van der Waals surface area contributed by atoms with Crippen molar-refractivity contribution in [3.8, 4) is 0 Å². The lowest BCUT2D eigenvalue weighted by molar-refractivity contribution is 0.364. The van der Waals surface area contributed by atoms with Gasteiger partial charge in [-0.15, -0.1) is 0 Å². The summed E-state index contributed by atoms with van der Waals surface area (Å²) in [6, 6.07) is 0.109. The number of likely N-dealkylation sites (N-methyl/N-ethyl adjacent to an activating group) is 1. The lowest BCUT2D eigenvalue weighted by Gasteiger charge is -2.19. The Labute approximate surface area is 134 Å². The summed E-state index contributed by atoms with van der Waals surface area (Å²) in [7, 11) is 4.13. The number of aromatic nitrogens is 2. The van der Waals surface area contributed by atoms with Gasteiger partial charge in [0.15, 0.2) is 0 Å². The normalized spacial score (nSPS) is 13.4. The molecule has 0 spiro atoms. The number of nitrogens with two attached hydrogens (primary N) is 1. The highest BCUT2D eigenvalue weighted by atomic mass is 79.9. The highest BCUT2D eigenvalue weighted by Crippen LogP contribution is 2.26. The Kier molecular flexibility index (Phi) is 8.13. The summed E-state index contributed by atoms with van der Waals surface area (Å²) in [5.41, 5.74) is 4.05. The largest absolute Gasteiger partial charge is 0.308 e. The molecule has 0 fully saturated rings. The van der Waals surface area contributed by atoms with Crippen molar-refractivity contribution >= 4 is 27.7 Å². The molecule has 116 valence electrons. The first kappa shape index (κ1) is 18.0. The lowest BCUT2D eigenvalue weighted by atomic mass is 10.2. The highest BCUT2D eigenvalue weighted by molar-refractivity contribution is 9.10. The minimum Gasteiger partial charge on any atom is -0.308 e. The molecule has 1 unspecified atom stereocenters. The molecule has 1 aromatic rings. The number of hydrogen-bond donors (Lipinski definition) is 2. The van der Waals surface area contributed by atoms with E-state index in [0.717, 1.165) is 34.8 Å². The molecule has 0 aliphatic carbocycles. The van der Waals surface area contributed by atoms with E-state index in [1.54, 1.807) is 0 Å². The third kappa shape index (κ3) is 5.73. The molecule has 1 aromatic heterocycles. The van der Waals surface area contributed by atoms with Gasteiger partial charge in [0, 0.05) is 12.3 Å². The molecule has 0 aliphatic heterocycles. The predicted octanol–water partition coefficient (Wildman–Crippen LogP) is 2.10. The van der Waals surface area contributed by atoms with Crippen LogP contribution in [-0.4, -0.2) is 46.8 Å². The van der Waals surface area contributed by atoms with Crippen molar-refractivity contribution in [1.29, 1.82) is 0 Å². The van der Waals surface area contributed by atoms with Crippen LogP contribution in [-0.2, 0) is 6.54 Å². The minimum absolute atomic E-state index is 0.109. The van der Waals surface area contributed by atoms with Gasteiger partial charge in [0.25, 0.3) is 0 Å². The van der Waals surface area contributed by atoms with Crippen LogP contribution in [0.2, 0.25) is 0 Å². The summed E-state index contributed by atoms with van der Waals surface area (Å²) < 4.78 is 3.05. The molecule has 0 aromatic carbocycles. The second-order valence-electron chi connectivity index (χ2n) is 5.55. The average molecular weight is 364 g/mol. The van der Waals surface area contributed by atoms with Crippen LogP contribution in [0.5, 0.6) is 0 Å². The van der Waals surface area contributed by atoms with Crippen molar-refractivity contribution in [3.63, 3.8) is 0 Å². The number of hydrazine groups is 1. The Bertz CT molecular complexity index is 394. The van der Waals surface area contributed by atoms with E-state index in [0.29, 0.717) is 5.92 Å². The Morgan fingerprint density at radius 2 is 2.15 bits per heavy atom. The number of nitrogens with one attached hydrogen (secondary N) is 1. The zero-order chi connectivity index (χ0) is 15.1. The topological polar surface area (TPSA) is 59.1 Å². The molecule has 20 heavy (non-hydrogen) atoms. The maximum absolute atomic E-state index is 5.74. The van der Waals surface area contributed by atoms with E-state index in [-0.39, 0.29) is 6.04 Å². The molecule has 0 amide bonds. The number of thioether (sulfide) groups is 1. The first-order chi connectivity index (χ1) is 9.45. The van der Waals surface area contributed by atoms with Crippen LogP contribution in [0.25, 0.3) is 0 Å². The summed E-state index contributed by atoms with van der Waals surface area (Å²) >= 11 is 5.50. The van der Waals surface area contributed by atoms with Gasteiger partial charge in [-0.25, -0.2) is 0 Å². The zero-order valence-corrected chi connectivity index (χ0v) is 15.2. The van der Waals surface area contributed by atoms with Crippen molar-refractivity contribution in [2.24, 2.45) is 11.8 Å². The van der Waals surface area contributed by atoms with Crippen LogP contribution in [0.1, 0.15) is 25.6 Å². The second kappa shape index (κ2) is 9.04. The molecule has 1 rings (SSSR count). The maximum atomic E-state index is 5.74. The van der Waals surface area contributed by atoms with Gasteiger partial charge in [0.2, 0.25) is 0 Å². The van der Waals surface area contributed by atoms with Gasteiger partial charge >= 0.3 is 0 Å². The van der Waals surface area contributed by atoms with E-state index in [4.69, 9.17) is 5.84 Å². The van der Waals surface area contributed by atoms with Crippen molar-refractivity contribution in [2.75, 3.05) is 32.1 Å². The van der Waals surface area contributed by atoms with Crippen LogP contribution >= 0.6 is 27.7 Å². The van der Waals surface area contributed by atoms with Gasteiger partial charge in [-0.05, 0) is 41.7 Å². The molecule has 0 aliphatic rings. The van der Waals surface area contributed by atoms with Crippen LogP contribution < -0.4 is 11.3 Å². The predicted molar refractivity (Wildman–Crippen MR) is 90.7 cm³/mol. The summed E-state index contributed by atoms with van der Waals surface area (Å²) in [5, 5.41) is 4.44. The number of hydrogen-bond acceptors (Lipinski definition) is 5. The van der Waals surface area contributed by atoms with Gasteiger partial charge in [-0.2, -0.15) is 16.9 Å².